The van der Waals surface area contributed by atoms with Gasteiger partial charge in [-0.3, -0.25) is 9.59 Å². The van der Waals surface area contributed by atoms with Gasteiger partial charge in [0, 0.05) is 16.0 Å². The van der Waals surface area contributed by atoms with Gasteiger partial charge in [0.25, 0.3) is 5.91 Å². The SMILES string of the molecule is O=C(NN=C(CC(=O)C12CC3CC(CC(C3)C1)C2)C(F)(F)F)c1cccc(Cl)c1. The first-order valence-electron chi connectivity index (χ1n) is 9.87. The molecule has 0 spiro atoms. The quantitative estimate of drug-likeness (QED) is 0.522. The number of amides is 1. The number of Topliss-reactive ketones (excluding diaryl/α,β-unsaturated/α-hetero) is 1. The molecule has 0 aliphatic heterocycles. The molecule has 4 aliphatic rings. The molecule has 1 amide bonds. The third-order valence-corrected chi connectivity index (χ3v) is 6.90. The molecule has 0 saturated heterocycles. The van der Waals surface area contributed by atoms with Crippen molar-refractivity contribution in [1.29, 1.82) is 0 Å². The van der Waals surface area contributed by atoms with Crippen molar-refractivity contribution in [2.45, 2.75) is 51.1 Å². The lowest BCUT2D eigenvalue weighted by atomic mass is 9.48. The number of hydrogen-bond acceptors (Lipinski definition) is 3. The van der Waals surface area contributed by atoms with Crippen molar-refractivity contribution < 1.29 is 22.8 Å². The zero-order chi connectivity index (χ0) is 20.8. The van der Waals surface area contributed by atoms with Crippen LogP contribution in [0.5, 0.6) is 0 Å². The average molecular weight is 427 g/mol. The van der Waals surface area contributed by atoms with Gasteiger partial charge in [0.05, 0.1) is 6.42 Å². The van der Waals surface area contributed by atoms with Gasteiger partial charge in [0.1, 0.15) is 11.5 Å². The van der Waals surface area contributed by atoms with Crippen LogP contribution in [0.25, 0.3) is 0 Å². The number of hydrogen-bond donors (Lipinski definition) is 1. The number of ketones is 1. The molecule has 29 heavy (non-hydrogen) atoms. The molecule has 0 unspecified atom stereocenters. The van der Waals surface area contributed by atoms with Gasteiger partial charge in [-0.15, -0.1) is 0 Å². The molecule has 4 nitrogen and oxygen atoms in total. The summed E-state index contributed by atoms with van der Waals surface area (Å²) < 4.78 is 40.5. The summed E-state index contributed by atoms with van der Waals surface area (Å²) in [6, 6.07) is 5.82. The Morgan fingerprint density at radius 3 is 2.21 bits per heavy atom. The van der Waals surface area contributed by atoms with Gasteiger partial charge in [0.15, 0.2) is 0 Å². The first-order valence-corrected chi connectivity index (χ1v) is 10.3. The Balaban J connectivity index is 1.50. The van der Waals surface area contributed by atoms with Gasteiger partial charge >= 0.3 is 6.18 Å². The van der Waals surface area contributed by atoms with Crippen molar-refractivity contribution in [2.75, 3.05) is 0 Å². The van der Waals surface area contributed by atoms with Crippen LogP contribution in [0.2, 0.25) is 5.02 Å². The van der Waals surface area contributed by atoms with Crippen LogP contribution in [0.1, 0.15) is 55.3 Å². The Labute approximate surface area is 171 Å². The van der Waals surface area contributed by atoms with E-state index in [4.69, 9.17) is 11.6 Å². The molecule has 5 rings (SSSR count). The van der Waals surface area contributed by atoms with Crippen molar-refractivity contribution in [3.8, 4) is 0 Å². The van der Waals surface area contributed by atoms with E-state index in [1.807, 2.05) is 5.43 Å². The minimum Gasteiger partial charge on any atom is -0.299 e. The number of rotatable bonds is 5. The maximum atomic E-state index is 13.5. The molecule has 4 aliphatic carbocycles. The molecule has 4 fully saturated rings. The number of nitrogens with zero attached hydrogens (tertiary/aromatic N) is 1. The smallest absolute Gasteiger partial charge is 0.299 e. The lowest BCUT2D eigenvalue weighted by Gasteiger charge is -2.56. The van der Waals surface area contributed by atoms with Crippen LogP contribution in [0, 0.1) is 23.2 Å². The fourth-order valence-electron chi connectivity index (χ4n) is 5.81. The number of nitrogens with one attached hydrogen (secondary N) is 1. The van der Waals surface area contributed by atoms with E-state index in [1.165, 1.54) is 18.2 Å². The Kier molecular flexibility index (Phi) is 5.21. The molecule has 0 aromatic heterocycles. The number of benzene rings is 1. The highest BCUT2D eigenvalue weighted by Gasteiger charge is 2.55. The highest BCUT2D eigenvalue weighted by molar-refractivity contribution is 6.31. The predicted octanol–water partition coefficient (Wildman–Crippen LogP) is 5.16. The average Bonchev–Trinajstić information content (AvgIpc) is 2.62. The lowest BCUT2D eigenvalue weighted by Crippen LogP contribution is -2.50. The molecule has 0 radical (unpaired) electrons. The highest BCUT2D eigenvalue weighted by Crippen LogP contribution is 2.60. The summed E-state index contributed by atoms with van der Waals surface area (Å²) in [5.41, 5.74) is 0.126. The molecule has 0 heterocycles. The molecular weight excluding hydrogens is 405 g/mol. The molecule has 8 heteroatoms. The lowest BCUT2D eigenvalue weighted by molar-refractivity contribution is -0.143. The zero-order valence-corrected chi connectivity index (χ0v) is 16.5. The van der Waals surface area contributed by atoms with E-state index in [9.17, 15) is 22.8 Å². The first-order chi connectivity index (χ1) is 13.6. The van der Waals surface area contributed by atoms with Crippen molar-refractivity contribution >= 4 is 29.0 Å². The second-order valence-corrected chi connectivity index (χ2v) is 9.24. The van der Waals surface area contributed by atoms with E-state index in [2.05, 4.69) is 5.10 Å². The summed E-state index contributed by atoms with van der Waals surface area (Å²) >= 11 is 5.80. The summed E-state index contributed by atoms with van der Waals surface area (Å²) in [5.74, 6) is 0.179. The molecule has 1 aromatic carbocycles. The third-order valence-electron chi connectivity index (χ3n) is 6.66. The van der Waals surface area contributed by atoms with Crippen LogP contribution in [-0.2, 0) is 4.79 Å². The maximum absolute atomic E-state index is 13.5. The number of carbonyl (C=O) groups is 2. The minimum atomic E-state index is -4.79. The summed E-state index contributed by atoms with van der Waals surface area (Å²) in [4.78, 5) is 25.1. The van der Waals surface area contributed by atoms with Gasteiger partial charge in [-0.05, 0) is 74.5 Å². The molecule has 4 bridgehead atoms. The molecular formula is C21H22ClF3N2O2. The van der Waals surface area contributed by atoms with E-state index >= 15 is 0 Å². The van der Waals surface area contributed by atoms with Crippen LogP contribution in [0.3, 0.4) is 0 Å². The van der Waals surface area contributed by atoms with E-state index in [0.29, 0.717) is 37.0 Å². The summed E-state index contributed by atoms with van der Waals surface area (Å²) in [6.07, 6.45) is -0.216. The van der Waals surface area contributed by atoms with Gasteiger partial charge in [-0.25, -0.2) is 5.43 Å². The standard InChI is InChI=1S/C21H22ClF3N2O2/c22-16-3-1-2-15(7-16)19(29)27-26-17(21(23,24)25)8-18(28)20-9-12-4-13(10-20)6-14(5-12)11-20/h1-3,7,12-14H,4-6,8-11H2,(H,27,29). The van der Waals surface area contributed by atoms with Crippen LogP contribution < -0.4 is 5.43 Å². The third kappa shape index (κ3) is 4.20. The summed E-state index contributed by atoms with van der Waals surface area (Å²) in [7, 11) is 0. The van der Waals surface area contributed by atoms with Gasteiger partial charge < -0.3 is 0 Å². The second-order valence-electron chi connectivity index (χ2n) is 8.81. The number of alkyl halides is 3. The Morgan fingerprint density at radius 2 is 1.69 bits per heavy atom. The number of halogens is 4. The predicted molar refractivity (Wildman–Crippen MR) is 103 cm³/mol. The van der Waals surface area contributed by atoms with Crippen LogP contribution in [0.4, 0.5) is 13.2 Å². The molecule has 156 valence electrons. The normalized spacial score (nSPS) is 31.0. The fraction of sp³-hybridized carbons (Fsp3) is 0.571. The first kappa shape index (κ1) is 20.4. The van der Waals surface area contributed by atoms with E-state index in [1.54, 1.807) is 6.07 Å². The van der Waals surface area contributed by atoms with E-state index in [-0.39, 0.29) is 16.4 Å². The molecule has 4 saturated carbocycles. The summed E-state index contributed by atoms with van der Waals surface area (Å²) in [6.45, 7) is 0. The monoisotopic (exact) mass is 426 g/mol. The Bertz CT molecular complexity index is 830. The fourth-order valence-corrected chi connectivity index (χ4v) is 6.00. The minimum absolute atomic E-state index is 0.0928. The zero-order valence-electron chi connectivity index (χ0n) is 15.8. The highest BCUT2D eigenvalue weighted by atomic mass is 35.5. The van der Waals surface area contributed by atoms with Crippen LogP contribution in [-0.4, -0.2) is 23.6 Å². The molecule has 1 N–H and O–H groups in total. The number of carbonyl (C=O) groups excluding carboxylic acids is 2. The molecule has 1 aromatic rings. The van der Waals surface area contributed by atoms with Crippen molar-refractivity contribution in [3.05, 3.63) is 34.9 Å². The van der Waals surface area contributed by atoms with Gasteiger partial charge in [-0.2, -0.15) is 18.3 Å². The van der Waals surface area contributed by atoms with Gasteiger partial charge in [0.2, 0.25) is 0 Å². The number of hydrazone groups is 1. The second kappa shape index (κ2) is 7.42. The van der Waals surface area contributed by atoms with E-state index < -0.39 is 29.6 Å². The topological polar surface area (TPSA) is 58.5 Å². The van der Waals surface area contributed by atoms with E-state index in [0.717, 1.165) is 19.3 Å². The Hall–Kier alpha value is -1.89. The summed E-state index contributed by atoms with van der Waals surface area (Å²) in [5, 5.41) is 3.58. The van der Waals surface area contributed by atoms with Crippen molar-refractivity contribution in [3.63, 3.8) is 0 Å². The Morgan fingerprint density at radius 1 is 1.10 bits per heavy atom. The largest absolute Gasteiger partial charge is 0.431 e. The van der Waals surface area contributed by atoms with Crippen molar-refractivity contribution in [2.24, 2.45) is 28.3 Å². The van der Waals surface area contributed by atoms with Crippen molar-refractivity contribution in [1.82, 2.24) is 5.43 Å². The van der Waals surface area contributed by atoms with Crippen LogP contribution in [0.15, 0.2) is 29.4 Å². The maximum Gasteiger partial charge on any atom is 0.431 e. The van der Waals surface area contributed by atoms with Crippen LogP contribution >= 0.6 is 11.6 Å². The molecule has 0 atom stereocenters. The van der Waals surface area contributed by atoms with Gasteiger partial charge in [-0.1, -0.05) is 17.7 Å².